The Kier molecular flexibility index (Phi) is 4.91. The lowest BCUT2D eigenvalue weighted by atomic mass is 10.0. The number of aromatic nitrogens is 1. The Balaban J connectivity index is 2.89. The predicted octanol–water partition coefficient (Wildman–Crippen LogP) is 3.36. The summed E-state index contributed by atoms with van der Waals surface area (Å²) in [7, 11) is 1.24. The number of carbonyl (C=O) groups excluding carboxylic acids is 1. The monoisotopic (exact) mass is 333 g/mol. The highest BCUT2D eigenvalue weighted by molar-refractivity contribution is 7.98. The zero-order valence-electron chi connectivity index (χ0n) is 11.9. The van der Waals surface area contributed by atoms with Crippen molar-refractivity contribution >= 4 is 35.0 Å². The third kappa shape index (κ3) is 2.73. The molecule has 2 N–H and O–H groups in total. The topological polar surface area (TPSA) is 89.0 Å². The summed E-state index contributed by atoms with van der Waals surface area (Å²) in [5.74, 6) is -0.663. The minimum atomic E-state index is -0.663. The lowest BCUT2D eigenvalue weighted by Gasteiger charge is -2.14. The summed E-state index contributed by atoms with van der Waals surface area (Å²) < 4.78 is 4.77. The largest absolute Gasteiger partial charge is 0.465 e. The molecule has 1 aromatic heterocycles. The van der Waals surface area contributed by atoms with E-state index < -0.39 is 5.97 Å². The summed E-state index contributed by atoms with van der Waals surface area (Å²) >= 11 is 7.46. The molecule has 0 saturated heterocycles. The van der Waals surface area contributed by atoms with Gasteiger partial charge in [0.2, 0.25) is 0 Å². The zero-order chi connectivity index (χ0) is 16.3. The predicted molar refractivity (Wildman–Crippen MR) is 86.9 cm³/mol. The van der Waals surface area contributed by atoms with Crippen molar-refractivity contribution in [3.8, 4) is 17.3 Å². The fraction of sp³-hybridized carbons (Fsp3) is 0.133. The van der Waals surface area contributed by atoms with Gasteiger partial charge in [-0.25, -0.2) is 9.78 Å². The minimum Gasteiger partial charge on any atom is -0.465 e. The van der Waals surface area contributed by atoms with E-state index >= 15 is 0 Å². The van der Waals surface area contributed by atoms with E-state index in [2.05, 4.69) is 4.98 Å². The van der Waals surface area contributed by atoms with Crippen LogP contribution in [0.5, 0.6) is 0 Å². The Bertz CT molecular complexity index is 787. The van der Waals surface area contributed by atoms with E-state index in [9.17, 15) is 10.1 Å². The van der Waals surface area contributed by atoms with Gasteiger partial charge >= 0.3 is 5.97 Å². The van der Waals surface area contributed by atoms with Crippen molar-refractivity contribution in [1.82, 2.24) is 4.98 Å². The number of ether oxygens (including phenoxy) is 1. The fourth-order valence-corrected chi connectivity index (χ4v) is 2.76. The summed E-state index contributed by atoms with van der Waals surface area (Å²) in [4.78, 5) is 16.5. The van der Waals surface area contributed by atoms with Crippen LogP contribution in [0.25, 0.3) is 11.3 Å². The molecule has 1 aromatic carbocycles. The van der Waals surface area contributed by atoms with Gasteiger partial charge in [-0.3, -0.25) is 0 Å². The molecule has 0 aliphatic heterocycles. The molecule has 0 aliphatic rings. The quantitative estimate of drug-likeness (QED) is 0.684. The van der Waals surface area contributed by atoms with Gasteiger partial charge in [-0.15, -0.1) is 11.8 Å². The summed E-state index contributed by atoms with van der Waals surface area (Å²) in [5.41, 5.74) is 7.12. The molecule has 0 bridgehead atoms. The maximum atomic E-state index is 12.1. The highest BCUT2D eigenvalue weighted by Gasteiger charge is 2.25. The van der Waals surface area contributed by atoms with Crippen LogP contribution >= 0.6 is 23.4 Å². The maximum absolute atomic E-state index is 12.1. The molecule has 0 unspecified atom stereocenters. The summed E-state index contributed by atoms with van der Waals surface area (Å²) in [6.45, 7) is 0. The normalized spacial score (nSPS) is 10.1. The molecule has 0 atom stereocenters. The maximum Gasteiger partial charge on any atom is 0.342 e. The highest BCUT2D eigenvalue weighted by atomic mass is 35.5. The van der Waals surface area contributed by atoms with Crippen LogP contribution in [0.3, 0.4) is 0 Å². The molecule has 1 heterocycles. The number of nitrogens with two attached hydrogens (primary N) is 1. The third-order valence-corrected chi connectivity index (χ3v) is 4.04. The average Bonchev–Trinajstić information content (AvgIpc) is 2.53. The molecule has 0 saturated carbocycles. The van der Waals surface area contributed by atoms with Gasteiger partial charge in [-0.2, -0.15) is 5.26 Å². The van der Waals surface area contributed by atoms with Crippen molar-refractivity contribution in [3.63, 3.8) is 0 Å². The van der Waals surface area contributed by atoms with Crippen LogP contribution in [-0.4, -0.2) is 24.3 Å². The third-order valence-electron chi connectivity index (χ3n) is 3.03. The number of esters is 1. The fourth-order valence-electron chi connectivity index (χ4n) is 1.99. The van der Waals surface area contributed by atoms with Gasteiger partial charge in [0, 0.05) is 10.6 Å². The minimum absolute atomic E-state index is 0.0450. The lowest BCUT2D eigenvalue weighted by molar-refractivity contribution is 0.0602. The molecule has 2 aromatic rings. The van der Waals surface area contributed by atoms with Crippen molar-refractivity contribution in [3.05, 3.63) is 40.4 Å². The van der Waals surface area contributed by atoms with E-state index in [-0.39, 0.29) is 16.8 Å². The Morgan fingerprint density at radius 2 is 2.14 bits per heavy atom. The van der Waals surface area contributed by atoms with Gasteiger partial charge in [-0.05, 0) is 12.3 Å². The molecule has 22 heavy (non-hydrogen) atoms. The molecular formula is C15H12ClN3O2S. The molecule has 0 fully saturated rings. The van der Waals surface area contributed by atoms with E-state index in [1.165, 1.54) is 18.9 Å². The standard InChI is InChI=1S/C15H12ClN3O2S/c1-21-15(20)11-12(18)9(7-17)14(22-2)19-13(11)8-5-3-4-6-10(8)16/h3-6H,1-2H3,(H2,18,19). The molecule has 5 nitrogen and oxygen atoms in total. The highest BCUT2D eigenvalue weighted by Crippen LogP contribution is 2.36. The Morgan fingerprint density at radius 3 is 2.68 bits per heavy atom. The number of nitriles is 1. The van der Waals surface area contributed by atoms with Gasteiger partial charge in [-0.1, -0.05) is 29.8 Å². The molecule has 2 rings (SSSR count). The van der Waals surface area contributed by atoms with E-state index in [1.54, 1.807) is 30.5 Å². The van der Waals surface area contributed by atoms with E-state index in [0.717, 1.165) is 0 Å². The van der Waals surface area contributed by atoms with Crippen molar-refractivity contribution in [1.29, 1.82) is 5.26 Å². The van der Waals surface area contributed by atoms with Crippen LogP contribution in [-0.2, 0) is 4.74 Å². The second-order valence-electron chi connectivity index (χ2n) is 4.22. The van der Waals surface area contributed by atoms with Gasteiger partial charge < -0.3 is 10.5 Å². The number of carbonyl (C=O) groups is 1. The number of methoxy groups -OCH3 is 1. The average molecular weight is 334 g/mol. The van der Waals surface area contributed by atoms with Gasteiger partial charge in [0.1, 0.15) is 22.2 Å². The number of pyridine rings is 1. The number of anilines is 1. The SMILES string of the molecule is COC(=O)c1c(-c2ccccc2Cl)nc(SC)c(C#N)c1N. The summed E-state index contributed by atoms with van der Waals surface area (Å²) in [5, 5.41) is 10.1. The first-order valence-corrected chi connectivity index (χ1v) is 7.76. The number of benzene rings is 1. The summed E-state index contributed by atoms with van der Waals surface area (Å²) in [6, 6.07) is 8.94. The van der Waals surface area contributed by atoms with Crippen molar-refractivity contribution in [2.24, 2.45) is 0 Å². The second kappa shape index (κ2) is 6.69. The van der Waals surface area contributed by atoms with E-state index in [0.29, 0.717) is 21.3 Å². The lowest BCUT2D eigenvalue weighted by Crippen LogP contribution is -2.12. The second-order valence-corrected chi connectivity index (χ2v) is 5.42. The number of thioether (sulfide) groups is 1. The van der Waals surface area contributed by atoms with Crippen LogP contribution in [0.1, 0.15) is 15.9 Å². The number of nitrogen functional groups attached to an aromatic ring is 1. The smallest absolute Gasteiger partial charge is 0.342 e. The molecule has 7 heteroatoms. The van der Waals surface area contributed by atoms with Gasteiger partial charge in [0.05, 0.1) is 18.5 Å². The van der Waals surface area contributed by atoms with E-state index in [1.807, 2.05) is 6.07 Å². The number of hydrogen-bond acceptors (Lipinski definition) is 6. The number of rotatable bonds is 3. The van der Waals surface area contributed by atoms with Crippen LogP contribution in [0.4, 0.5) is 5.69 Å². The number of nitrogens with zero attached hydrogens (tertiary/aromatic N) is 2. The Labute approximate surface area is 137 Å². The van der Waals surface area contributed by atoms with Gasteiger partial charge in [0.25, 0.3) is 0 Å². The Hall–Kier alpha value is -2.23. The number of hydrogen-bond donors (Lipinski definition) is 1. The first-order chi connectivity index (χ1) is 10.5. The van der Waals surface area contributed by atoms with Crippen molar-refractivity contribution in [2.45, 2.75) is 5.03 Å². The molecule has 112 valence electrons. The van der Waals surface area contributed by atoms with Crippen LogP contribution in [0.2, 0.25) is 5.02 Å². The summed E-state index contributed by atoms with van der Waals surface area (Å²) in [6.07, 6.45) is 1.77. The van der Waals surface area contributed by atoms with Crippen LogP contribution in [0.15, 0.2) is 29.3 Å². The van der Waals surface area contributed by atoms with E-state index in [4.69, 9.17) is 22.1 Å². The molecule has 0 aliphatic carbocycles. The molecule has 0 radical (unpaired) electrons. The zero-order valence-corrected chi connectivity index (χ0v) is 13.5. The first kappa shape index (κ1) is 16.1. The Morgan fingerprint density at radius 1 is 1.45 bits per heavy atom. The van der Waals surface area contributed by atoms with Crippen LogP contribution < -0.4 is 5.73 Å². The molecule has 0 amide bonds. The first-order valence-electron chi connectivity index (χ1n) is 6.15. The molecular weight excluding hydrogens is 322 g/mol. The van der Waals surface area contributed by atoms with Crippen LogP contribution in [0, 0.1) is 11.3 Å². The van der Waals surface area contributed by atoms with Crippen molar-refractivity contribution < 1.29 is 9.53 Å². The number of halogens is 1. The van der Waals surface area contributed by atoms with Crippen molar-refractivity contribution in [2.75, 3.05) is 19.1 Å². The van der Waals surface area contributed by atoms with Gasteiger partial charge in [0.15, 0.2) is 0 Å². The molecule has 0 spiro atoms.